The van der Waals surface area contributed by atoms with Crippen molar-refractivity contribution >= 4 is 23.7 Å². The molecule has 0 heterocycles. The number of carbonyl (C=O) groups is 2. The molecule has 0 aliphatic rings. The van der Waals surface area contributed by atoms with Crippen molar-refractivity contribution in [2.24, 2.45) is 5.10 Å². The molecule has 152 valence electrons. The molecular formula is C23H21N3O4. The molecule has 0 spiro atoms. The third kappa shape index (κ3) is 6.20. The Labute approximate surface area is 174 Å². The fraction of sp³-hybridized carbons (Fsp3) is 0.0870. The number of rotatable bonds is 7. The van der Waals surface area contributed by atoms with Gasteiger partial charge in [-0.1, -0.05) is 48.5 Å². The van der Waals surface area contributed by atoms with E-state index in [4.69, 9.17) is 9.47 Å². The van der Waals surface area contributed by atoms with Crippen LogP contribution in [0.15, 0.2) is 84.0 Å². The van der Waals surface area contributed by atoms with Gasteiger partial charge >= 0.3 is 11.8 Å². The molecular weight excluding hydrogens is 382 g/mol. The minimum absolute atomic E-state index is 0.446. The second-order valence-electron chi connectivity index (χ2n) is 6.23. The predicted molar refractivity (Wildman–Crippen MR) is 115 cm³/mol. The van der Waals surface area contributed by atoms with Gasteiger partial charge in [-0.05, 0) is 35.4 Å². The summed E-state index contributed by atoms with van der Waals surface area (Å²) in [4.78, 5) is 23.9. The molecule has 0 aromatic heterocycles. The highest BCUT2D eigenvalue weighted by Crippen LogP contribution is 2.16. The van der Waals surface area contributed by atoms with Crippen molar-refractivity contribution in [3.05, 3.63) is 90.0 Å². The van der Waals surface area contributed by atoms with E-state index in [1.165, 1.54) is 13.3 Å². The largest absolute Gasteiger partial charge is 0.497 e. The van der Waals surface area contributed by atoms with Crippen LogP contribution in [0.1, 0.15) is 11.1 Å². The van der Waals surface area contributed by atoms with Gasteiger partial charge in [-0.25, -0.2) is 5.43 Å². The number of hydrazone groups is 1. The van der Waals surface area contributed by atoms with Gasteiger partial charge in [0.25, 0.3) is 0 Å². The van der Waals surface area contributed by atoms with E-state index >= 15 is 0 Å². The maximum atomic E-state index is 12.0. The van der Waals surface area contributed by atoms with Gasteiger partial charge in [-0.3, -0.25) is 9.59 Å². The summed E-state index contributed by atoms with van der Waals surface area (Å²) in [5.41, 5.74) is 4.43. The Morgan fingerprint density at radius 3 is 2.47 bits per heavy atom. The minimum Gasteiger partial charge on any atom is -0.497 e. The summed E-state index contributed by atoms with van der Waals surface area (Å²) < 4.78 is 10.8. The predicted octanol–water partition coefficient (Wildman–Crippen LogP) is 3.36. The van der Waals surface area contributed by atoms with Crippen molar-refractivity contribution in [1.82, 2.24) is 5.43 Å². The molecule has 2 N–H and O–H groups in total. The number of methoxy groups -OCH3 is 1. The van der Waals surface area contributed by atoms with Crippen LogP contribution in [0.25, 0.3) is 0 Å². The summed E-state index contributed by atoms with van der Waals surface area (Å²) in [5.74, 6) is -0.476. The molecule has 0 unspecified atom stereocenters. The average molecular weight is 403 g/mol. The lowest BCUT2D eigenvalue weighted by Gasteiger charge is -2.07. The zero-order chi connectivity index (χ0) is 21.2. The van der Waals surface area contributed by atoms with Gasteiger partial charge < -0.3 is 14.8 Å². The van der Waals surface area contributed by atoms with Crippen molar-refractivity contribution in [2.45, 2.75) is 6.61 Å². The van der Waals surface area contributed by atoms with Crippen LogP contribution in [0.2, 0.25) is 0 Å². The Morgan fingerprint density at radius 2 is 1.67 bits per heavy atom. The molecule has 30 heavy (non-hydrogen) atoms. The van der Waals surface area contributed by atoms with Gasteiger partial charge in [0.2, 0.25) is 0 Å². The Kier molecular flexibility index (Phi) is 7.16. The van der Waals surface area contributed by atoms with Crippen LogP contribution in [-0.4, -0.2) is 25.1 Å². The van der Waals surface area contributed by atoms with Crippen molar-refractivity contribution in [1.29, 1.82) is 0 Å². The van der Waals surface area contributed by atoms with Crippen LogP contribution in [0.5, 0.6) is 11.5 Å². The average Bonchev–Trinajstić information content (AvgIpc) is 2.78. The molecule has 7 nitrogen and oxygen atoms in total. The fourth-order valence-corrected chi connectivity index (χ4v) is 2.53. The van der Waals surface area contributed by atoms with E-state index in [1.807, 2.05) is 42.5 Å². The van der Waals surface area contributed by atoms with Crippen LogP contribution in [0.3, 0.4) is 0 Å². The lowest BCUT2D eigenvalue weighted by atomic mass is 10.2. The van der Waals surface area contributed by atoms with Crippen molar-refractivity contribution in [2.75, 3.05) is 12.4 Å². The number of nitrogens with zero attached hydrogens (tertiary/aromatic N) is 1. The molecule has 3 aromatic carbocycles. The number of ether oxygens (including phenoxy) is 2. The number of hydrogen-bond donors (Lipinski definition) is 2. The molecule has 0 saturated heterocycles. The lowest BCUT2D eigenvalue weighted by Crippen LogP contribution is -2.32. The molecule has 0 aliphatic carbocycles. The minimum atomic E-state index is -0.884. The highest BCUT2D eigenvalue weighted by Gasteiger charge is 2.13. The smallest absolute Gasteiger partial charge is 0.329 e. The van der Waals surface area contributed by atoms with E-state index in [0.29, 0.717) is 29.4 Å². The number of benzene rings is 3. The third-order valence-corrected chi connectivity index (χ3v) is 4.02. The molecule has 2 amide bonds. The van der Waals surface area contributed by atoms with E-state index in [-0.39, 0.29) is 0 Å². The van der Waals surface area contributed by atoms with Crippen LogP contribution in [-0.2, 0) is 16.2 Å². The molecule has 0 radical (unpaired) electrons. The molecule has 3 rings (SSSR count). The number of hydrogen-bond acceptors (Lipinski definition) is 5. The second kappa shape index (κ2) is 10.4. The SMILES string of the molecule is COc1cccc(NC(=O)C(=O)N/N=C/c2cccc(OCc3ccccc3)c2)c1. The Bertz CT molecular complexity index is 1040. The number of nitrogens with one attached hydrogen (secondary N) is 2. The second-order valence-corrected chi connectivity index (χ2v) is 6.23. The van der Waals surface area contributed by atoms with Crippen LogP contribution in [0.4, 0.5) is 5.69 Å². The van der Waals surface area contributed by atoms with Gasteiger partial charge in [0.15, 0.2) is 0 Å². The highest BCUT2D eigenvalue weighted by atomic mass is 16.5. The Hall–Kier alpha value is -4.13. The summed E-state index contributed by atoms with van der Waals surface area (Å²) >= 11 is 0. The van der Waals surface area contributed by atoms with Gasteiger partial charge in [0.1, 0.15) is 18.1 Å². The normalized spacial score (nSPS) is 10.4. The maximum Gasteiger partial charge on any atom is 0.329 e. The monoisotopic (exact) mass is 403 g/mol. The van der Waals surface area contributed by atoms with Crippen LogP contribution in [0, 0.1) is 0 Å². The molecule has 0 bridgehead atoms. The third-order valence-electron chi connectivity index (χ3n) is 4.02. The first kappa shape index (κ1) is 20.6. The Balaban J connectivity index is 1.51. The summed E-state index contributed by atoms with van der Waals surface area (Å²) in [6, 6.07) is 23.8. The summed E-state index contributed by atoms with van der Waals surface area (Å²) in [5, 5.41) is 6.31. The fourth-order valence-electron chi connectivity index (χ4n) is 2.53. The van der Waals surface area contributed by atoms with Crippen molar-refractivity contribution in [3.8, 4) is 11.5 Å². The highest BCUT2D eigenvalue weighted by molar-refractivity contribution is 6.39. The van der Waals surface area contributed by atoms with Gasteiger partial charge in [0, 0.05) is 11.8 Å². The van der Waals surface area contributed by atoms with E-state index in [1.54, 1.807) is 36.4 Å². The van der Waals surface area contributed by atoms with Crippen LogP contribution < -0.4 is 20.2 Å². The molecule has 0 fully saturated rings. The van der Waals surface area contributed by atoms with E-state index in [2.05, 4.69) is 15.8 Å². The number of carbonyl (C=O) groups excluding carboxylic acids is 2. The van der Waals surface area contributed by atoms with Crippen molar-refractivity contribution < 1.29 is 19.1 Å². The molecule has 0 saturated carbocycles. The topological polar surface area (TPSA) is 89.0 Å². The molecule has 0 atom stereocenters. The van der Waals surface area contributed by atoms with Gasteiger partial charge in [-0.15, -0.1) is 0 Å². The molecule has 0 aliphatic heterocycles. The van der Waals surface area contributed by atoms with Gasteiger partial charge in [-0.2, -0.15) is 5.10 Å². The first-order valence-corrected chi connectivity index (χ1v) is 9.19. The Morgan fingerprint density at radius 1 is 0.900 bits per heavy atom. The number of amides is 2. The molecule has 3 aromatic rings. The van der Waals surface area contributed by atoms with Gasteiger partial charge in [0.05, 0.1) is 13.3 Å². The summed E-state index contributed by atoms with van der Waals surface area (Å²) in [6.07, 6.45) is 1.44. The summed E-state index contributed by atoms with van der Waals surface area (Å²) in [6.45, 7) is 0.447. The standard InChI is InChI=1S/C23H21N3O4/c1-29-20-11-6-10-19(14-20)25-22(27)23(28)26-24-15-18-9-5-12-21(13-18)30-16-17-7-3-2-4-8-17/h2-15H,16H2,1H3,(H,25,27)(H,26,28)/b24-15+. The first-order valence-electron chi connectivity index (χ1n) is 9.19. The van der Waals surface area contributed by atoms with E-state index in [9.17, 15) is 9.59 Å². The zero-order valence-corrected chi connectivity index (χ0v) is 16.4. The van der Waals surface area contributed by atoms with Crippen molar-refractivity contribution in [3.63, 3.8) is 0 Å². The first-order chi connectivity index (χ1) is 14.6. The van der Waals surface area contributed by atoms with E-state index in [0.717, 1.165) is 5.56 Å². The lowest BCUT2D eigenvalue weighted by molar-refractivity contribution is -0.136. The zero-order valence-electron chi connectivity index (χ0n) is 16.4. The number of anilines is 1. The molecule has 7 heteroatoms. The van der Waals surface area contributed by atoms with Crippen LogP contribution >= 0.6 is 0 Å². The van der Waals surface area contributed by atoms with E-state index < -0.39 is 11.8 Å². The quantitative estimate of drug-likeness (QED) is 0.360. The summed E-state index contributed by atoms with van der Waals surface area (Å²) in [7, 11) is 1.52. The maximum absolute atomic E-state index is 12.0.